The van der Waals surface area contributed by atoms with E-state index in [1.54, 1.807) is 11.0 Å². The quantitative estimate of drug-likeness (QED) is 0.703. The van der Waals surface area contributed by atoms with Crippen LogP contribution in [-0.4, -0.2) is 41.1 Å². The molecule has 26 heavy (non-hydrogen) atoms. The maximum absolute atomic E-state index is 13.0. The fourth-order valence-electron chi connectivity index (χ4n) is 2.89. The molecule has 0 aliphatic carbocycles. The van der Waals surface area contributed by atoms with E-state index in [-0.39, 0.29) is 24.0 Å². The third-order valence-corrected chi connectivity index (χ3v) is 6.36. The molecule has 0 saturated heterocycles. The number of sulfonamides is 1. The summed E-state index contributed by atoms with van der Waals surface area (Å²) in [4.78, 5) is 14.8. The van der Waals surface area contributed by atoms with Crippen molar-refractivity contribution in [2.24, 2.45) is 0 Å². The number of anilines is 1. The van der Waals surface area contributed by atoms with Gasteiger partial charge in [0.05, 0.1) is 17.1 Å². The Bertz CT molecular complexity index is 931. The van der Waals surface area contributed by atoms with Crippen LogP contribution in [0.3, 0.4) is 0 Å². The molecule has 0 bridgehead atoms. The van der Waals surface area contributed by atoms with Gasteiger partial charge >= 0.3 is 0 Å². The lowest BCUT2D eigenvalue weighted by Crippen LogP contribution is -2.30. The number of fused-ring (bicyclic) bond motifs is 1. The SMILES string of the molecule is COCCNS(=O)(=O)c1ccc(Br)c(C(=O)N2CCc3ccccc32)c1. The number of hydrogen-bond acceptors (Lipinski definition) is 4. The van der Waals surface area contributed by atoms with Gasteiger partial charge in [0.2, 0.25) is 10.0 Å². The van der Waals surface area contributed by atoms with Crippen molar-refractivity contribution in [3.05, 3.63) is 58.1 Å². The lowest BCUT2D eigenvalue weighted by atomic mass is 10.1. The summed E-state index contributed by atoms with van der Waals surface area (Å²) >= 11 is 3.37. The van der Waals surface area contributed by atoms with Gasteiger partial charge in [-0.1, -0.05) is 18.2 Å². The maximum atomic E-state index is 13.0. The van der Waals surface area contributed by atoms with Crippen LogP contribution in [0.5, 0.6) is 0 Å². The topological polar surface area (TPSA) is 75.7 Å². The highest BCUT2D eigenvalue weighted by Gasteiger charge is 2.27. The zero-order chi connectivity index (χ0) is 18.7. The molecule has 8 heteroatoms. The van der Waals surface area contributed by atoms with E-state index in [0.29, 0.717) is 16.6 Å². The normalized spacial score (nSPS) is 13.7. The summed E-state index contributed by atoms with van der Waals surface area (Å²) in [7, 11) is -2.21. The van der Waals surface area contributed by atoms with Gasteiger partial charge in [-0.25, -0.2) is 13.1 Å². The second-order valence-electron chi connectivity index (χ2n) is 5.87. The molecule has 0 unspecified atom stereocenters. The first-order valence-electron chi connectivity index (χ1n) is 8.12. The Hall–Kier alpha value is -1.74. The van der Waals surface area contributed by atoms with Crippen LogP contribution < -0.4 is 9.62 Å². The van der Waals surface area contributed by atoms with Gasteiger partial charge in [0, 0.05) is 30.4 Å². The Morgan fingerprint density at radius 3 is 2.81 bits per heavy atom. The van der Waals surface area contributed by atoms with Crippen LogP contribution in [0.2, 0.25) is 0 Å². The van der Waals surface area contributed by atoms with Crippen molar-refractivity contribution >= 4 is 37.5 Å². The lowest BCUT2D eigenvalue weighted by Gasteiger charge is -2.19. The Kier molecular flexibility index (Phi) is 5.76. The van der Waals surface area contributed by atoms with Crippen molar-refractivity contribution in [2.75, 3.05) is 31.7 Å². The molecular formula is C18H19BrN2O4S. The van der Waals surface area contributed by atoms with Crippen molar-refractivity contribution < 1.29 is 17.9 Å². The number of nitrogens with zero attached hydrogens (tertiary/aromatic N) is 1. The highest BCUT2D eigenvalue weighted by atomic mass is 79.9. The molecule has 1 heterocycles. The highest BCUT2D eigenvalue weighted by Crippen LogP contribution is 2.31. The van der Waals surface area contributed by atoms with Gasteiger partial charge in [0.25, 0.3) is 5.91 Å². The fraction of sp³-hybridized carbons (Fsp3) is 0.278. The number of halogens is 1. The number of methoxy groups -OCH3 is 1. The van der Waals surface area contributed by atoms with Gasteiger partial charge in [-0.05, 0) is 52.2 Å². The van der Waals surface area contributed by atoms with Gasteiger partial charge in [-0.3, -0.25) is 4.79 Å². The number of nitrogens with one attached hydrogen (secondary N) is 1. The van der Waals surface area contributed by atoms with Crippen molar-refractivity contribution in [3.63, 3.8) is 0 Å². The number of carbonyl (C=O) groups excluding carboxylic acids is 1. The lowest BCUT2D eigenvalue weighted by molar-refractivity contribution is 0.0988. The molecule has 0 saturated carbocycles. The molecule has 0 aromatic heterocycles. The largest absolute Gasteiger partial charge is 0.383 e. The smallest absolute Gasteiger partial charge is 0.259 e. The Labute approximate surface area is 161 Å². The van der Waals surface area contributed by atoms with Gasteiger partial charge in [-0.2, -0.15) is 0 Å². The molecule has 0 atom stereocenters. The second-order valence-corrected chi connectivity index (χ2v) is 8.49. The van der Waals surface area contributed by atoms with E-state index in [1.807, 2.05) is 24.3 Å². The zero-order valence-corrected chi connectivity index (χ0v) is 16.6. The molecule has 2 aromatic carbocycles. The number of benzene rings is 2. The van der Waals surface area contributed by atoms with Crippen molar-refractivity contribution in [2.45, 2.75) is 11.3 Å². The van der Waals surface area contributed by atoms with Crippen LogP contribution in [0.15, 0.2) is 51.8 Å². The average molecular weight is 439 g/mol. The summed E-state index contributed by atoms with van der Waals surface area (Å²) in [6.07, 6.45) is 0.788. The number of ether oxygens (including phenoxy) is 1. The first-order chi connectivity index (χ1) is 12.4. The molecule has 6 nitrogen and oxygen atoms in total. The molecular weight excluding hydrogens is 420 g/mol. The fourth-order valence-corrected chi connectivity index (χ4v) is 4.35. The summed E-state index contributed by atoms with van der Waals surface area (Å²) < 4.78 is 32.7. The Balaban J connectivity index is 1.90. The van der Waals surface area contributed by atoms with Crippen molar-refractivity contribution in [1.82, 2.24) is 4.72 Å². The predicted molar refractivity (Wildman–Crippen MR) is 103 cm³/mol. The summed E-state index contributed by atoms with van der Waals surface area (Å²) in [5.74, 6) is -0.226. The van der Waals surface area contributed by atoms with Crippen LogP contribution >= 0.6 is 15.9 Å². The highest BCUT2D eigenvalue weighted by molar-refractivity contribution is 9.10. The summed E-state index contributed by atoms with van der Waals surface area (Å²) in [6.45, 7) is 1.01. The van der Waals surface area contributed by atoms with E-state index < -0.39 is 10.0 Å². The third kappa shape index (κ3) is 3.83. The summed E-state index contributed by atoms with van der Waals surface area (Å²) in [6, 6.07) is 12.2. The minimum atomic E-state index is -3.71. The predicted octanol–water partition coefficient (Wildman–Crippen LogP) is 2.58. The Morgan fingerprint density at radius 1 is 1.27 bits per heavy atom. The minimum absolute atomic E-state index is 0.0487. The van der Waals surface area contributed by atoms with Crippen LogP contribution in [-0.2, 0) is 21.2 Å². The summed E-state index contributed by atoms with van der Waals surface area (Å²) in [5, 5.41) is 0. The van der Waals surface area contributed by atoms with Crippen LogP contribution in [0.4, 0.5) is 5.69 Å². The average Bonchev–Trinajstić information content (AvgIpc) is 3.05. The number of carbonyl (C=O) groups is 1. The molecule has 138 valence electrons. The molecule has 3 rings (SSSR count). The maximum Gasteiger partial charge on any atom is 0.259 e. The van der Waals surface area contributed by atoms with Crippen LogP contribution in [0.25, 0.3) is 0 Å². The summed E-state index contributed by atoms with van der Waals surface area (Å²) in [5.41, 5.74) is 2.30. The van der Waals surface area contributed by atoms with Gasteiger partial charge in [-0.15, -0.1) is 0 Å². The van der Waals surface area contributed by atoms with Crippen molar-refractivity contribution in [1.29, 1.82) is 0 Å². The molecule has 0 radical (unpaired) electrons. The first kappa shape index (κ1) is 19.0. The molecule has 1 aliphatic rings. The molecule has 1 aliphatic heterocycles. The third-order valence-electron chi connectivity index (χ3n) is 4.21. The Morgan fingerprint density at radius 2 is 2.04 bits per heavy atom. The van der Waals surface area contributed by atoms with Crippen molar-refractivity contribution in [3.8, 4) is 0 Å². The van der Waals surface area contributed by atoms with Gasteiger partial charge < -0.3 is 9.64 Å². The van der Waals surface area contributed by atoms with E-state index in [4.69, 9.17) is 4.74 Å². The zero-order valence-electron chi connectivity index (χ0n) is 14.2. The van der Waals surface area contributed by atoms with Gasteiger partial charge in [0.15, 0.2) is 0 Å². The number of para-hydroxylation sites is 1. The molecule has 1 N–H and O–H groups in total. The minimum Gasteiger partial charge on any atom is -0.383 e. The van der Waals surface area contributed by atoms with E-state index in [2.05, 4.69) is 20.7 Å². The van der Waals surface area contributed by atoms with Gasteiger partial charge in [0.1, 0.15) is 0 Å². The van der Waals surface area contributed by atoms with Crippen LogP contribution in [0, 0.1) is 0 Å². The number of rotatable bonds is 6. The molecule has 0 fully saturated rings. The standard InChI is InChI=1S/C18H19BrN2O4S/c1-25-11-9-20-26(23,24)14-6-7-16(19)15(12-14)18(22)21-10-8-13-4-2-3-5-17(13)21/h2-7,12,20H,8-11H2,1H3. The second kappa shape index (κ2) is 7.87. The first-order valence-corrected chi connectivity index (χ1v) is 10.4. The van der Waals surface area contributed by atoms with E-state index >= 15 is 0 Å². The van der Waals surface area contributed by atoms with Crippen LogP contribution in [0.1, 0.15) is 15.9 Å². The monoisotopic (exact) mass is 438 g/mol. The van der Waals surface area contributed by atoms with E-state index in [9.17, 15) is 13.2 Å². The number of amides is 1. The molecule has 0 spiro atoms. The van der Waals surface area contributed by atoms with E-state index in [1.165, 1.54) is 19.2 Å². The number of hydrogen-bond donors (Lipinski definition) is 1. The molecule has 1 amide bonds. The molecule has 2 aromatic rings. The van der Waals surface area contributed by atoms with E-state index in [0.717, 1.165) is 17.7 Å².